The van der Waals surface area contributed by atoms with Crippen LogP contribution in [0.4, 0.5) is 5.69 Å². The molecule has 102 valence electrons. The minimum Gasteiger partial charge on any atom is -0.324 e. The number of rotatable bonds is 10. The van der Waals surface area contributed by atoms with Crippen LogP contribution in [0, 0.1) is 0 Å². The van der Waals surface area contributed by atoms with Gasteiger partial charge in [0, 0.05) is 5.69 Å². The van der Waals surface area contributed by atoms with Crippen LogP contribution in [0.2, 0.25) is 0 Å². The molecule has 0 atom stereocenters. The van der Waals surface area contributed by atoms with Crippen LogP contribution in [-0.2, 0) is 6.42 Å². The standard InChI is InChI=1S/C16H28N2/c1-2-3-4-5-6-7-8-9-11-15-12-10-13-16(14-15)18-17/h10,12-14,18H,2-9,11,17H2,1H3. The number of nitrogen functional groups attached to an aromatic ring is 1. The van der Waals surface area contributed by atoms with Crippen molar-refractivity contribution in [2.45, 2.75) is 64.7 Å². The van der Waals surface area contributed by atoms with Gasteiger partial charge in [-0.15, -0.1) is 0 Å². The van der Waals surface area contributed by atoms with Gasteiger partial charge in [-0.25, -0.2) is 0 Å². The first-order valence-corrected chi connectivity index (χ1v) is 7.42. The van der Waals surface area contributed by atoms with Crippen LogP contribution in [-0.4, -0.2) is 0 Å². The molecule has 0 spiro atoms. The Kier molecular flexibility index (Phi) is 8.32. The van der Waals surface area contributed by atoms with Gasteiger partial charge < -0.3 is 5.43 Å². The third-order valence-electron chi connectivity index (χ3n) is 3.41. The highest BCUT2D eigenvalue weighted by molar-refractivity contribution is 5.44. The Morgan fingerprint density at radius 3 is 2.28 bits per heavy atom. The normalized spacial score (nSPS) is 10.6. The number of benzene rings is 1. The van der Waals surface area contributed by atoms with Gasteiger partial charge in [0.25, 0.3) is 0 Å². The number of unbranched alkanes of at least 4 members (excludes halogenated alkanes) is 7. The highest BCUT2D eigenvalue weighted by Crippen LogP contribution is 2.14. The molecular formula is C16H28N2. The summed E-state index contributed by atoms with van der Waals surface area (Å²) in [5, 5.41) is 0. The molecule has 0 aromatic heterocycles. The van der Waals surface area contributed by atoms with Gasteiger partial charge in [0.05, 0.1) is 0 Å². The second-order valence-corrected chi connectivity index (χ2v) is 5.07. The molecule has 1 aromatic carbocycles. The first kappa shape index (κ1) is 15.0. The summed E-state index contributed by atoms with van der Waals surface area (Å²) in [6.07, 6.45) is 12.2. The number of nitrogens with two attached hydrogens (primary N) is 1. The molecule has 0 unspecified atom stereocenters. The lowest BCUT2D eigenvalue weighted by atomic mass is 10.0. The third kappa shape index (κ3) is 6.65. The van der Waals surface area contributed by atoms with Crippen molar-refractivity contribution in [1.82, 2.24) is 0 Å². The van der Waals surface area contributed by atoms with Gasteiger partial charge in [-0.1, -0.05) is 64.0 Å². The van der Waals surface area contributed by atoms with Gasteiger partial charge in [-0.2, -0.15) is 0 Å². The molecule has 0 saturated carbocycles. The van der Waals surface area contributed by atoms with Crippen LogP contribution >= 0.6 is 0 Å². The monoisotopic (exact) mass is 248 g/mol. The van der Waals surface area contributed by atoms with Crippen LogP contribution in [0.3, 0.4) is 0 Å². The van der Waals surface area contributed by atoms with Crippen LogP contribution in [0.25, 0.3) is 0 Å². The fourth-order valence-corrected chi connectivity index (χ4v) is 2.28. The molecule has 0 saturated heterocycles. The van der Waals surface area contributed by atoms with Crippen LogP contribution in [0.1, 0.15) is 63.9 Å². The van der Waals surface area contributed by atoms with E-state index in [9.17, 15) is 0 Å². The lowest BCUT2D eigenvalue weighted by molar-refractivity contribution is 0.575. The quantitative estimate of drug-likeness (QED) is 0.359. The van der Waals surface area contributed by atoms with Crippen molar-refractivity contribution in [2.24, 2.45) is 5.84 Å². The lowest BCUT2D eigenvalue weighted by Gasteiger charge is -2.05. The van der Waals surface area contributed by atoms with Crippen molar-refractivity contribution >= 4 is 5.69 Å². The summed E-state index contributed by atoms with van der Waals surface area (Å²) in [4.78, 5) is 0. The summed E-state index contributed by atoms with van der Waals surface area (Å²) in [7, 11) is 0. The molecule has 0 aliphatic rings. The number of aryl methyl sites for hydroxylation is 1. The van der Waals surface area contributed by atoms with Crippen molar-refractivity contribution in [3.05, 3.63) is 29.8 Å². The average molecular weight is 248 g/mol. The average Bonchev–Trinajstić information content (AvgIpc) is 2.42. The van der Waals surface area contributed by atoms with Gasteiger partial charge >= 0.3 is 0 Å². The van der Waals surface area contributed by atoms with E-state index in [1.807, 2.05) is 6.07 Å². The maximum atomic E-state index is 5.40. The Morgan fingerprint density at radius 2 is 1.61 bits per heavy atom. The molecule has 0 heterocycles. The van der Waals surface area contributed by atoms with Gasteiger partial charge in [-0.05, 0) is 30.5 Å². The number of anilines is 1. The minimum atomic E-state index is 1.01. The van der Waals surface area contributed by atoms with Crippen LogP contribution in [0.5, 0.6) is 0 Å². The molecule has 0 fully saturated rings. The van der Waals surface area contributed by atoms with Gasteiger partial charge in [0.2, 0.25) is 0 Å². The zero-order chi connectivity index (χ0) is 13.1. The smallest absolute Gasteiger partial charge is 0.0487 e. The highest BCUT2D eigenvalue weighted by Gasteiger charge is 1.96. The van der Waals surface area contributed by atoms with Crippen molar-refractivity contribution < 1.29 is 0 Å². The van der Waals surface area contributed by atoms with Crippen LogP contribution < -0.4 is 11.3 Å². The number of hydrogen-bond acceptors (Lipinski definition) is 2. The first-order valence-electron chi connectivity index (χ1n) is 7.42. The summed E-state index contributed by atoms with van der Waals surface area (Å²) in [5.41, 5.74) is 5.09. The predicted molar refractivity (Wildman–Crippen MR) is 80.6 cm³/mol. The van der Waals surface area contributed by atoms with E-state index in [2.05, 4.69) is 30.5 Å². The molecule has 2 heteroatoms. The number of nitrogens with one attached hydrogen (secondary N) is 1. The predicted octanol–water partition coefficient (Wildman–Crippen LogP) is 4.66. The number of hydrazine groups is 1. The summed E-state index contributed by atoms with van der Waals surface area (Å²) in [6, 6.07) is 8.38. The summed E-state index contributed by atoms with van der Waals surface area (Å²) >= 11 is 0. The second-order valence-electron chi connectivity index (χ2n) is 5.07. The first-order chi connectivity index (χ1) is 8.86. The van der Waals surface area contributed by atoms with E-state index >= 15 is 0 Å². The van der Waals surface area contributed by atoms with Crippen molar-refractivity contribution in [3.63, 3.8) is 0 Å². The van der Waals surface area contributed by atoms with Crippen molar-refractivity contribution in [3.8, 4) is 0 Å². The van der Waals surface area contributed by atoms with Gasteiger partial charge in [-0.3, -0.25) is 5.84 Å². The maximum Gasteiger partial charge on any atom is 0.0487 e. The Bertz CT molecular complexity index is 310. The van der Waals surface area contributed by atoms with Crippen molar-refractivity contribution in [1.29, 1.82) is 0 Å². The molecule has 0 amide bonds. The fourth-order valence-electron chi connectivity index (χ4n) is 2.28. The van der Waals surface area contributed by atoms with Gasteiger partial charge in [0.15, 0.2) is 0 Å². The topological polar surface area (TPSA) is 38.0 Å². The Hall–Kier alpha value is -1.02. The Balaban J connectivity index is 2.03. The second kappa shape index (κ2) is 9.95. The molecule has 1 rings (SSSR count). The molecule has 0 radical (unpaired) electrons. The van der Waals surface area contributed by atoms with E-state index in [-0.39, 0.29) is 0 Å². The molecule has 3 N–H and O–H groups in total. The molecule has 1 aromatic rings. The summed E-state index contributed by atoms with van der Waals surface area (Å²) in [6.45, 7) is 2.27. The summed E-state index contributed by atoms with van der Waals surface area (Å²) < 4.78 is 0. The van der Waals surface area contributed by atoms with E-state index in [1.165, 1.54) is 63.4 Å². The molecule has 0 aliphatic carbocycles. The lowest BCUT2D eigenvalue weighted by Crippen LogP contribution is -2.06. The van der Waals surface area contributed by atoms with E-state index in [4.69, 9.17) is 5.84 Å². The SMILES string of the molecule is CCCCCCCCCCc1cccc(NN)c1. The zero-order valence-corrected chi connectivity index (χ0v) is 11.8. The summed E-state index contributed by atoms with van der Waals surface area (Å²) in [5.74, 6) is 5.40. The molecule has 18 heavy (non-hydrogen) atoms. The van der Waals surface area contributed by atoms with Gasteiger partial charge in [0.1, 0.15) is 0 Å². The fraction of sp³-hybridized carbons (Fsp3) is 0.625. The van der Waals surface area contributed by atoms with Crippen LogP contribution in [0.15, 0.2) is 24.3 Å². The molecule has 0 aliphatic heterocycles. The molecular weight excluding hydrogens is 220 g/mol. The minimum absolute atomic E-state index is 1.01. The third-order valence-corrected chi connectivity index (χ3v) is 3.41. The maximum absolute atomic E-state index is 5.40. The molecule has 0 bridgehead atoms. The highest BCUT2D eigenvalue weighted by atomic mass is 15.2. The molecule has 2 nitrogen and oxygen atoms in total. The van der Waals surface area contributed by atoms with E-state index in [1.54, 1.807) is 0 Å². The zero-order valence-electron chi connectivity index (χ0n) is 11.8. The largest absolute Gasteiger partial charge is 0.324 e. The van der Waals surface area contributed by atoms with Crippen molar-refractivity contribution in [2.75, 3.05) is 5.43 Å². The van der Waals surface area contributed by atoms with E-state index in [0.717, 1.165) is 5.69 Å². The Morgan fingerprint density at radius 1 is 0.944 bits per heavy atom. The van der Waals surface area contributed by atoms with E-state index < -0.39 is 0 Å². The number of hydrogen-bond donors (Lipinski definition) is 2. The Labute approximate surface area is 112 Å². The van der Waals surface area contributed by atoms with E-state index in [0.29, 0.717) is 0 Å².